The number of nitrogens with zero attached hydrogens (tertiary/aromatic N) is 2. The topological polar surface area (TPSA) is 92.9 Å². The number of hydrogen-bond donors (Lipinski definition) is 3. The number of nitrogens with two attached hydrogens (primary N) is 1. The van der Waals surface area contributed by atoms with Gasteiger partial charge < -0.3 is 16.4 Å². The number of primary amides is 1. The first-order chi connectivity index (χ1) is 11.3. The van der Waals surface area contributed by atoms with Gasteiger partial charge in [0.05, 0.1) is 11.3 Å². The third-order valence-electron chi connectivity index (χ3n) is 4.25. The third-order valence-corrected chi connectivity index (χ3v) is 4.25. The predicted molar refractivity (Wildman–Crippen MR) is 96.7 cm³/mol. The van der Waals surface area contributed by atoms with Gasteiger partial charge in [0.15, 0.2) is 0 Å². The highest BCUT2D eigenvalue weighted by Crippen LogP contribution is 2.22. The number of rotatable bonds is 7. The molecule has 1 aromatic rings. The Hall–Kier alpha value is -2.11. The summed E-state index contributed by atoms with van der Waals surface area (Å²) >= 11 is 0. The summed E-state index contributed by atoms with van der Waals surface area (Å²) in [4.78, 5) is 20.4. The minimum Gasteiger partial charge on any atom is -0.386 e. The fraction of sp³-hybridized carbons (Fsp3) is 0.611. The summed E-state index contributed by atoms with van der Waals surface area (Å²) in [7, 11) is 0. The largest absolute Gasteiger partial charge is 0.386 e. The van der Waals surface area contributed by atoms with Gasteiger partial charge >= 0.3 is 0 Å². The van der Waals surface area contributed by atoms with Crippen molar-refractivity contribution in [1.29, 1.82) is 0 Å². The Labute approximate surface area is 144 Å². The molecule has 0 aromatic carbocycles. The Morgan fingerprint density at radius 3 is 2.50 bits per heavy atom. The maximum atomic E-state index is 11.5. The van der Waals surface area contributed by atoms with Crippen molar-refractivity contribution in [3.63, 3.8) is 0 Å². The number of nitrogens with one attached hydrogen (secondary N) is 2. The highest BCUT2D eigenvalue weighted by Gasteiger charge is 2.22. The Balaban J connectivity index is 2.00. The van der Waals surface area contributed by atoms with E-state index in [2.05, 4.69) is 41.0 Å². The van der Waals surface area contributed by atoms with Crippen molar-refractivity contribution in [3.8, 4) is 0 Å². The van der Waals surface area contributed by atoms with Crippen molar-refractivity contribution in [1.82, 2.24) is 15.3 Å². The number of amides is 1. The first-order valence-electron chi connectivity index (χ1n) is 8.69. The van der Waals surface area contributed by atoms with Crippen molar-refractivity contribution in [2.24, 2.45) is 11.7 Å². The lowest BCUT2D eigenvalue weighted by Crippen LogP contribution is -2.36. The van der Waals surface area contributed by atoms with Gasteiger partial charge in [0.2, 0.25) is 5.95 Å². The summed E-state index contributed by atoms with van der Waals surface area (Å²) in [6.07, 6.45) is 6.58. The van der Waals surface area contributed by atoms with E-state index in [1.807, 2.05) is 6.92 Å². The van der Waals surface area contributed by atoms with Crippen molar-refractivity contribution in [2.75, 3.05) is 5.32 Å². The molecule has 0 bridgehead atoms. The predicted octanol–water partition coefficient (Wildman–Crippen LogP) is 2.62. The first-order valence-corrected chi connectivity index (χ1v) is 8.69. The molecule has 0 saturated heterocycles. The molecule has 1 amide bonds. The number of carbonyl (C=O) groups is 1. The van der Waals surface area contributed by atoms with Gasteiger partial charge in [-0.3, -0.25) is 4.79 Å². The monoisotopic (exact) mass is 331 g/mol. The summed E-state index contributed by atoms with van der Waals surface area (Å²) in [5.74, 6) is 0.519. The molecule has 4 N–H and O–H groups in total. The lowest BCUT2D eigenvalue weighted by molar-refractivity contribution is 0.0998. The van der Waals surface area contributed by atoms with Crippen LogP contribution in [0.25, 0.3) is 0 Å². The van der Waals surface area contributed by atoms with Gasteiger partial charge in [0, 0.05) is 24.0 Å². The molecular formula is C18H29N5O. The van der Waals surface area contributed by atoms with Gasteiger partial charge in [-0.05, 0) is 44.9 Å². The maximum Gasteiger partial charge on any atom is 0.252 e. The number of allylic oxidation sites excluding steroid dienone is 1. The van der Waals surface area contributed by atoms with Crippen molar-refractivity contribution < 1.29 is 4.79 Å². The highest BCUT2D eigenvalue weighted by molar-refractivity contribution is 5.93. The zero-order chi connectivity index (χ0) is 17.7. The number of carbonyl (C=O) groups excluding carboxylic acids is 1. The normalized spacial score (nSPS) is 20.7. The molecule has 6 heteroatoms. The van der Waals surface area contributed by atoms with Gasteiger partial charge in [-0.1, -0.05) is 20.4 Å². The Morgan fingerprint density at radius 1 is 1.33 bits per heavy atom. The Bertz CT molecular complexity index is 591. The molecule has 132 valence electrons. The molecule has 6 nitrogen and oxygen atoms in total. The van der Waals surface area contributed by atoms with Crippen LogP contribution < -0.4 is 16.4 Å². The van der Waals surface area contributed by atoms with E-state index < -0.39 is 5.91 Å². The molecule has 1 aliphatic rings. The maximum absolute atomic E-state index is 11.5. The summed E-state index contributed by atoms with van der Waals surface area (Å²) in [5, 5.41) is 6.82. The van der Waals surface area contributed by atoms with Crippen LogP contribution in [0.3, 0.4) is 0 Å². The van der Waals surface area contributed by atoms with E-state index in [0.29, 0.717) is 35.9 Å². The van der Waals surface area contributed by atoms with Crippen LogP contribution in [-0.4, -0.2) is 28.0 Å². The van der Waals surface area contributed by atoms with Crippen molar-refractivity contribution in [2.45, 2.75) is 65.0 Å². The lowest BCUT2D eigenvalue weighted by atomic mass is 9.91. The molecule has 1 fully saturated rings. The molecule has 0 unspecified atom stereocenters. The molecule has 1 aliphatic carbocycles. The number of anilines is 1. The number of hydrogen-bond acceptors (Lipinski definition) is 5. The molecule has 0 aliphatic heterocycles. The molecule has 0 spiro atoms. The van der Waals surface area contributed by atoms with E-state index in [1.54, 1.807) is 6.20 Å². The van der Waals surface area contributed by atoms with Crippen LogP contribution in [-0.2, 0) is 6.42 Å². The van der Waals surface area contributed by atoms with Crippen LogP contribution in [0.1, 0.15) is 62.5 Å². The average molecular weight is 331 g/mol. The first kappa shape index (κ1) is 18.2. The SMILES string of the molecule is C=C(C)NC1CCC(Nc2ncc(C(N)=O)c(CC(C)C)n2)CC1. The Morgan fingerprint density at radius 2 is 1.96 bits per heavy atom. The summed E-state index contributed by atoms with van der Waals surface area (Å²) in [6.45, 7) is 10.1. The standard InChI is InChI=1S/C18H29N5O/c1-11(2)9-16-15(17(19)24)10-20-18(23-16)22-14-7-5-13(6-8-14)21-12(3)4/h10-11,13-14,21H,3,5-9H2,1-2,4H3,(H2,19,24)(H,20,22,23). The summed E-state index contributed by atoms with van der Waals surface area (Å²) in [6, 6.07) is 0.870. The van der Waals surface area contributed by atoms with Gasteiger partial charge in [-0.25, -0.2) is 9.97 Å². The van der Waals surface area contributed by atoms with Gasteiger partial charge in [0.1, 0.15) is 0 Å². The molecule has 0 atom stereocenters. The summed E-state index contributed by atoms with van der Waals surface area (Å²) < 4.78 is 0. The van der Waals surface area contributed by atoms with E-state index in [-0.39, 0.29) is 0 Å². The van der Waals surface area contributed by atoms with E-state index >= 15 is 0 Å². The average Bonchev–Trinajstić information content (AvgIpc) is 2.48. The smallest absolute Gasteiger partial charge is 0.252 e. The van der Waals surface area contributed by atoms with Crippen LogP contribution >= 0.6 is 0 Å². The summed E-state index contributed by atoms with van der Waals surface area (Å²) in [5.41, 5.74) is 7.60. The van der Waals surface area contributed by atoms with Crippen molar-refractivity contribution >= 4 is 11.9 Å². The quantitative estimate of drug-likeness (QED) is 0.714. The third kappa shape index (κ3) is 5.22. The number of aromatic nitrogens is 2. The fourth-order valence-electron chi connectivity index (χ4n) is 3.15. The van der Waals surface area contributed by atoms with Gasteiger partial charge in [-0.2, -0.15) is 0 Å². The molecular weight excluding hydrogens is 302 g/mol. The highest BCUT2D eigenvalue weighted by atomic mass is 16.1. The van der Waals surface area contributed by atoms with E-state index in [4.69, 9.17) is 5.73 Å². The van der Waals surface area contributed by atoms with E-state index in [1.165, 1.54) is 0 Å². The molecule has 1 saturated carbocycles. The fourth-order valence-corrected chi connectivity index (χ4v) is 3.15. The van der Waals surface area contributed by atoms with E-state index in [9.17, 15) is 4.79 Å². The second-order valence-electron chi connectivity index (χ2n) is 7.13. The zero-order valence-electron chi connectivity index (χ0n) is 14.9. The molecule has 24 heavy (non-hydrogen) atoms. The van der Waals surface area contributed by atoms with Crippen molar-refractivity contribution in [3.05, 3.63) is 29.7 Å². The Kier molecular flexibility index (Phi) is 6.17. The minimum absolute atomic E-state index is 0.361. The molecule has 1 heterocycles. The van der Waals surface area contributed by atoms with Gasteiger partial charge in [-0.15, -0.1) is 0 Å². The van der Waals surface area contributed by atoms with Crippen LogP contribution in [0, 0.1) is 5.92 Å². The van der Waals surface area contributed by atoms with Crippen LogP contribution in [0.5, 0.6) is 0 Å². The van der Waals surface area contributed by atoms with Gasteiger partial charge in [0.25, 0.3) is 5.91 Å². The second kappa shape index (κ2) is 8.13. The second-order valence-corrected chi connectivity index (χ2v) is 7.13. The van der Waals surface area contributed by atoms with Crippen LogP contribution in [0.4, 0.5) is 5.95 Å². The lowest BCUT2D eigenvalue weighted by Gasteiger charge is -2.30. The molecule has 2 rings (SSSR count). The van der Waals surface area contributed by atoms with Crippen LogP contribution in [0.2, 0.25) is 0 Å². The molecule has 1 aromatic heterocycles. The minimum atomic E-state index is -0.469. The van der Waals surface area contributed by atoms with Crippen LogP contribution in [0.15, 0.2) is 18.5 Å². The molecule has 0 radical (unpaired) electrons. The zero-order valence-corrected chi connectivity index (χ0v) is 14.9. The van der Waals surface area contributed by atoms with E-state index in [0.717, 1.165) is 37.1 Å².